The van der Waals surface area contributed by atoms with Crippen molar-refractivity contribution >= 4 is 15.9 Å². The molecule has 0 spiro atoms. The fourth-order valence-electron chi connectivity index (χ4n) is 1.09. The van der Waals surface area contributed by atoms with Crippen molar-refractivity contribution in [3.05, 3.63) is 34.2 Å². The minimum Gasteiger partial charge on any atom is -0.367 e. The smallest absolute Gasteiger partial charge is 0.256 e. The fourth-order valence-corrected chi connectivity index (χ4v) is 1.66. The van der Waals surface area contributed by atoms with Crippen LogP contribution in [0.3, 0.4) is 0 Å². The molecule has 1 amide bonds. The van der Waals surface area contributed by atoms with Crippen molar-refractivity contribution in [3.63, 3.8) is 0 Å². The van der Waals surface area contributed by atoms with Crippen LogP contribution < -0.4 is 15.5 Å². The third-order valence-corrected chi connectivity index (χ3v) is 3.40. The molecular formula is C9H13N3O4S. The van der Waals surface area contributed by atoms with Crippen molar-refractivity contribution in [3.8, 4) is 0 Å². The Morgan fingerprint density at radius 2 is 2.18 bits per heavy atom. The highest BCUT2D eigenvalue weighted by Crippen LogP contribution is 1.88. The third kappa shape index (κ3) is 4.00. The Bertz CT molecular complexity index is 549. The van der Waals surface area contributed by atoms with E-state index in [2.05, 4.69) is 15.0 Å². The van der Waals surface area contributed by atoms with E-state index < -0.39 is 21.4 Å². The molecule has 7 nitrogen and oxygen atoms in total. The van der Waals surface area contributed by atoms with Crippen LogP contribution in [0.25, 0.3) is 0 Å². The minimum atomic E-state index is -3.36. The summed E-state index contributed by atoms with van der Waals surface area (Å²) in [7, 11) is -2.07. The maximum atomic E-state index is 11.5. The molecule has 0 saturated carbocycles. The number of aromatic amines is 1. The molecule has 1 heterocycles. The fraction of sp³-hybridized carbons (Fsp3) is 0.333. The largest absolute Gasteiger partial charge is 0.367 e. The summed E-state index contributed by atoms with van der Waals surface area (Å²) >= 11 is 0. The van der Waals surface area contributed by atoms with E-state index in [1.807, 2.05) is 0 Å². The molecule has 3 N–H and O–H groups in total. The predicted octanol–water partition coefficient (Wildman–Crippen LogP) is -1.35. The molecule has 94 valence electrons. The number of pyridine rings is 1. The van der Waals surface area contributed by atoms with Gasteiger partial charge < -0.3 is 10.3 Å². The van der Waals surface area contributed by atoms with E-state index in [0.717, 1.165) is 0 Å². The summed E-state index contributed by atoms with van der Waals surface area (Å²) in [6.45, 7) is -0.0592. The van der Waals surface area contributed by atoms with Crippen molar-refractivity contribution in [2.75, 3.05) is 19.3 Å². The van der Waals surface area contributed by atoms with Crippen molar-refractivity contribution in [2.24, 2.45) is 0 Å². The number of aromatic nitrogens is 1. The molecule has 0 unspecified atom stereocenters. The van der Waals surface area contributed by atoms with Crippen LogP contribution in [-0.4, -0.2) is 38.7 Å². The normalized spacial score (nSPS) is 11.1. The number of hydrogen-bond acceptors (Lipinski definition) is 4. The molecule has 17 heavy (non-hydrogen) atoms. The zero-order valence-corrected chi connectivity index (χ0v) is 10.0. The number of carbonyl (C=O) groups excluding carboxylic acids is 1. The van der Waals surface area contributed by atoms with Crippen LogP contribution in [0, 0.1) is 0 Å². The highest BCUT2D eigenvalue weighted by atomic mass is 32.2. The molecule has 1 aromatic rings. The molecule has 0 fully saturated rings. The maximum absolute atomic E-state index is 11.5. The van der Waals surface area contributed by atoms with E-state index in [1.165, 1.54) is 25.5 Å². The number of sulfonamides is 1. The number of H-pyrrole nitrogens is 1. The van der Waals surface area contributed by atoms with E-state index >= 15 is 0 Å². The topological polar surface area (TPSA) is 108 Å². The second-order valence-corrected chi connectivity index (χ2v) is 5.25. The van der Waals surface area contributed by atoms with Crippen LogP contribution in [0.1, 0.15) is 10.4 Å². The predicted molar refractivity (Wildman–Crippen MR) is 62.2 cm³/mol. The third-order valence-electron chi connectivity index (χ3n) is 2.04. The number of nitrogens with one attached hydrogen (secondary N) is 3. The van der Waals surface area contributed by atoms with Crippen molar-refractivity contribution in [2.45, 2.75) is 0 Å². The first-order valence-corrected chi connectivity index (χ1v) is 6.48. The van der Waals surface area contributed by atoms with Crippen molar-refractivity contribution in [1.82, 2.24) is 15.0 Å². The van der Waals surface area contributed by atoms with Gasteiger partial charge in [-0.05, 0) is 7.05 Å². The molecule has 0 bridgehead atoms. The van der Waals surface area contributed by atoms with E-state index in [0.29, 0.717) is 0 Å². The van der Waals surface area contributed by atoms with Gasteiger partial charge in [-0.3, -0.25) is 9.59 Å². The van der Waals surface area contributed by atoms with Crippen LogP contribution >= 0.6 is 0 Å². The molecule has 0 atom stereocenters. The second kappa shape index (κ2) is 5.60. The Balaban J connectivity index is 2.58. The lowest BCUT2D eigenvalue weighted by Gasteiger charge is -2.04. The van der Waals surface area contributed by atoms with E-state index in [4.69, 9.17) is 0 Å². The summed E-state index contributed by atoms with van der Waals surface area (Å²) in [5, 5.41) is 2.35. The van der Waals surface area contributed by atoms with E-state index in [9.17, 15) is 18.0 Å². The first-order valence-electron chi connectivity index (χ1n) is 4.83. The van der Waals surface area contributed by atoms with Crippen LogP contribution in [0.4, 0.5) is 0 Å². The molecule has 0 aliphatic rings. The van der Waals surface area contributed by atoms with E-state index in [1.54, 1.807) is 0 Å². The number of rotatable bonds is 5. The van der Waals surface area contributed by atoms with Gasteiger partial charge in [0.15, 0.2) is 5.43 Å². The van der Waals surface area contributed by atoms with Gasteiger partial charge in [0.1, 0.15) is 5.56 Å². The average molecular weight is 259 g/mol. The van der Waals surface area contributed by atoms with Crippen molar-refractivity contribution in [1.29, 1.82) is 0 Å². The highest BCUT2D eigenvalue weighted by molar-refractivity contribution is 7.89. The SMILES string of the molecule is CNS(=O)(=O)CCNC(=O)c1c[nH]ccc1=O. The van der Waals surface area contributed by atoms with Crippen LogP contribution in [-0.2, 0) is 10.0 Å². The van der Waals surface area contributed by atoms with Gasteiger partial charge in [0.05, 0.1) is 5.75 Å². The van der Waals surface area contributed by atoms with Gasteiger partial charge in [0.2, 0.25) is 10.0 Å². The summed E-state index contributed by atoms with van der Waals surface area (Å²) < 4.78 is 24.2. The second-order valence-electron chi connectivity index (χ2n) is 3.20. The van der Waals surface area contributed by atoms with E-state index in [-0.39, 0.29) is 17.9 Å². The Kier molecular flexibility index (Phi) is 4.41. The standard InChI is InChI=1S/C9H13N3O4S/c1-10-17(15,16)5-4-12-9(14)7-6-11-3-2-8(7)13/h2-3,6,10H,4-5H2,1H3,(H,11,13)(H,12,14). The van der Waals surface area contributed by atoms with Gasteiger partial charge in [-0.2, -0.15) is 0 Å². The maximum Gasteiger partial charge on any atom is 0.256 e. The Morgan fingerprint density at radius 1 is 1.47 bits per heavy atom. The molecule has 0 aromatic carbocycles. The molecule has 8 heteroatoms. The summed E-state index contributed by atoms with van der Waals surface area (Å²) in [6, 6.07) is 1.22. The van der Waals surface area contributed by atoms with Gasteiger partial charge in [-0.1, -0.05) is 0 Å². The Morgan fingerprint density at radius 3 is 2.76 bits per heavy atom. The summed E-state index contributed by atoms with van der Waals surface area (Å²) in [5.41, 5.74) is -0.466. The quantitative estimate of drug-likeness (QED) is 0.607. The Hall–Kier alpha value is -1.67. The molecule has 0 aliphatic heterocycles. The zero-order valence-electron chi connectivity index (χ0n) is 9.19. The number of carbonyl (C=O) groups is 1. The molecular weight excluding hydrogens is 246 g/mol. The molecule has 0 aliphatic carbocycles. The monoisotopic (exact) mass is 259 g/mol. The molecule has 1 aromatic heterocycles. The summed E-state index contributed by atoms with van der Waals surface area (Å²) in [4.78, 5) is 25.4. The average Bonchev–Trinajstić information content (AvgIpc) is 2.29. The minimum absolute atomic E-state index is 0.0469. The lowest BCUT2D eigenvalue weighted by atomic mass is 10.2. The van der Waals surface area contributed by atoms with Gasteiger partial charge in [0.25, 0.3) is 5.91 Å². The lowest BCUT2D eigenvalue weighted by Crippen LogP contribution is -2.34. The first kappa shape index (κ1) is 13.4. The summed E-state index contributed by atoms with van der Waals surface area (Å²) in [5.74, 6) is -0.835. The van der Waals surface area contributed by atoms with Gasteiger partial charge in [0, 0.05) is 25.0 Å². The Labute approximate surface area is 98.3 Å². The van der Waals surface area contributed by atoms with Crippen LogP contribution in [0.5, 0.6) is 0 Å². The van der Waals surface area contributed by atoms with Crippen LogP contribution in [0.2, 0.25) is 0 Å². The molecule has 1 rings (SSSR count). The summed E-state index contributed by atoms with van der Waals surface area (Å²) in [6.07, 6.45) is 2.68. The highest BCUT2D eigenvalue weighted by Gasteiger charge is 2.11. The van der Waals surface area contributed by atoms with Gasteiger partial charge >= 0.3 is 0 Å². The van der Waals surface area contributed by atoms with Gasteiger partial charge in [-0.25, -0.2) is 13.1 Å². The number of amides is 1. The lowest BCUT2D eigenvalue weighted by molar-refractivity contribution is 0.0954. The number of hydrogen-bond donors (Lipinski definition) is 3. The molecule has 0 saturated heterocycles. The van der Waals surface area contributed by atoms with Crippen LogP contribution in [0.15, 0.2) is 23.3 Å². The van der Waals surface area contributed by atoms with Crippen molar-refractivity contribution < 1.29 is 13.2 Å². The first-order chi connectivity index (χ1) is 7.96. The molecule has 0 radical (unpaired) electrons. The van der Waals surface area contributed by atoms with Gasteiger partial charge in [-0.15, -0.1) is 0 Å². The zero-order chi connectivity index (χ0) is 12.9.